The van der Waals surface area contributed by atoms with E-state index in [1.807, 2.05) is 56.3 Å². The van der Waals surface area contributed by atoms with Gasteiger partial charge in [0.2, 0.25) is 0 Å². The van der Waals surface area contributed by atoms with Crippen molar-refractivity contribution in [3.63, 3.8) is 0 Å². The molecule has 0 saturated heterocycles. The Hall–Kier alpha value is -2.81. The van der Waals surface area contributed by atoms with Gasteiger partial charge in [0.05, 0.1) is 12.7 Å². The molecular weight excluding hydrogens is 288 g/mol. The van der Waals surface area contributed by atoms with E-state index in [-0.39, 0.29) is 0 Å². The van der Waals surface area contributed by atoms with Crippen molar-refractivity contribution in [1.29, 1.82) is 0 Å². The molecule has 3 aromatic rings. The third kappa shape index (κ3) is 3.69. The summed E-state index contributed by atoms with van der Waals surface area (Å²) in [6.07, 6.45) is 0. The molecule has 0 aromatic heterocycles. The molecule has 0 bridgehead atoms. The fourth-order valence-corrected chi connectivity index (χ4v) is 2.34. The van der Waals surface area contributed by atoms with Crippen molar-refractivity contribution in [2.45, 2.75) is 13.8 Å². The number of carbonyl (C=O) groups is 1. The maximum absolute atomic E-state index is 10.9. The lowest BCUT2D eigenvalue weighted by molar-refractivity contribution is 0.0697. The monoisotopic (exact) mass is 308 g/mol. The number of methoxy groups -OCH3 is 1. The molecule has 3 nitrogen and oxygen atoms in total. The van der Waals surface area contributed by atoms with Crippen molar-refractivity contribution in [2.75, 3.05) is 7.11 Å². The van der Waals surface area contributed by atoms with E-state index in [0.29, 0.717) is 5.56 Å². The SMILES string of the molecule is CC.COc1ccc2cc(-c3ccc(C(=O)O)cc3)ccc2c1. The maximum atomic E-state index is 10.9. The Kier molecular flexibility index (Phi) is 5.36. The highest BCUT2D eigenvalue weighted by atomic mass is 16.5. The zero-order valence-corrected chi connectivity index (χ0v) is 13.5. The Morgan fingerprint density at radius 3 is 2.00 bits per heavy atom. The van der Waals surface area contributed by atoms with Crippen LogP contribution in [0.5, 0.6) is 5.75 Å². The van der Waals surface area contributed by atoms with E-state index in [0.717, 1.165) is 27.6 Å². The van der Waals surface area contributed by atoms with E-state index in [1.165, 1.54) is 0 Å². The largest absolute Gasteiger partial charge is 0.497 e. The summed E-state index contributed by atoms with van der Waals surface area (Å²) in [5.41, 5.74) is 2.35. The first-order valence-electron chi connectivity index (χ1n) is 7.59. The van der Waals surface area contributed by atoms with Gasteiger partial charge in [-0.15, -0.1) is 0 Å². The third-order valence-electron chi connectivity index (χ3n) is 3.51. The van der Waals surface area contributed by atoms with Crippen molar-refractivity contribution in [3.05, 3.63) is 66.2 Å². The lowest BCUT2D eigenvalue weighted by atomic mass is 10.0. The van der Waals surface area contributed by atoms with Crippen molar-refractivity contribution >= 4 is 16.7 Å². The predicted molar refractivity (Wildman–Crippen MR) is 94.2 cm³/mol. The minimum Gasteiger partial charge on any atom is -0.497 e. The Morgan fingerprint density at radius 2 is 1.39 bits per heavy atom. The summed E-state index contributed by atoms with van der Waals surface area (Å²) in [5.74, 6) is -0.0757. The highest BCUT2D eigenvalue weighted by molar-refractivity contribution is 5.90. The quantitative estimate of drug-likeness (QED) is 0.719. The molecule has 3 heteroatoms. The zero-order chi connectivity index (χ0) is 16.8. The second-order valence-electron chi connectivity index (χ2n) is 4.81. The van der Waals surface area contributed by atoms with Gasteiger partial charge in [-0.2, -0.15) is 0 Å². The van der Waals surface area contributed by atoms with E-state index >= 15 is 0 Å². The summed E-state index contributed by atoms with van der Waals surface area (Å²) in [6, 6.07) is 19.0. The van der Waals surface area contributed by atoms with Gasteiger partial charge in [0.15, 0.2) is 0 Å². The van der Waals surface area contributed by atoms with Gasteiger partial charge in [-0.25, -0.2) is 4.79 Å². The smallest absolute Gasteiger partial charge is 0.335 e. The molecule has 0 atom stereocenters. The van der Waals surface area contributed by atoms with Crippen LogP contribution in [0.2, 0.25) is 0 Å². The van der Waals surface area contributed by atoms with E-state index in [9.17, 15) is 4.79 Å². The molecule has 118 valence electrons. The van der Waals surface area contributed by atoms with Crippen LogP contribution in [-0.4, -0.2) is 18.2 Å². The summed E-state index contributed by atoms with van der Waals surface area (Å²) >= 11 is 0. The summed E-state index contributed by atoms with van der Waals surface area (Å²) in [5, 5.41) is 11.2. The predicted octanol–water partition coefficient (Wildman–Crippen LogP) is 5.24. The van der Waals surface area contributed by atoms with Gasteiger partial charge in [-0.1, -0.05) is 44.2 Å². The Balaban J connectivity index is 0.000000924. The van der Waals surface area contributed by atoms with Crippen LogP contribution in [0.4, 0.5) is 0 Å². The van der Waals surface area contributed by atoms with Gasteiger partial charge >= 0.3 is 5.97 Å². The first-order chi connectivity index (χ1) is 11.2. The molecule has 0 heterocycles. The van der Waals surface area contributed by atoms with E-state index in [1.54, 1.807) is 19.2 Å². The molecule has 0 radical (unpaired) electrons. The Labute approximate surface area is 136 Å². The van der Waals surface area contributed by atoms with Crippen LogP contribution in [0.1, 0.15) is 24.2 Å². The van der Waals surface area contributed by atoms with Gasteiger partial charge in [0.25, 0.3) is 0 Å². The molecule has 0 fully saturated rings. The summed E-state index contributed by atoms with van der Waals surface area (Å²) < 4.78 is 5.22. The van der Waals surface area contributed by atoms with E-state index < -0.39 is 5.97 Å². The van der Waals surface area contributed by atoms with Crippen molar-refractivity contribution < 1.29 is 14.6 Å². The molecule has 0 aliphatic carbocycles. The molecule has 1 N–H and O–H groups in total. The maximum Gasteiger partial charge on any atom is 0.335 e. The number of aromatic carboxylic acids is 1. The van der Waals surface area contributed by atoms with Crippen LogP contribution in [0.25, 0.3) is 21.9 Å². The van der Waals surface area contributed by atoms with Crippen LogP contribution in [0.15, 0.2) is 60.7 Å². The number of hydrogen-bond donors (Lipinski definition) is 1. The number of ether oxygens (including phenoxy) is 1. The zero-order valence-electron chi connectivity index (χ0n) is 13.5. The molecule has 3 rings (SSSR count). The van der Waals surface area contributed by atoms with Crippen LogP contribution in [0, 0.1) is 0 Å². The van der Waals surface area contributed by atoms with Crippen molar-refractivity contribution in [1.82, 2.24) is 0 Å². The average molecular weight is 308 g/mol. The van der Waals surface area contributed by atoms with Gasteiger partial charge in [0, 0.05) is 0 Å². The number of hydrogen-bond acceptors (Lipinski definition) is 2. The van der Waals surface area contributed by atoms with Gasteiger partial charge in [-0.3, -0.25) is 0 Å². The molecule has 0 spiro atoms. The number of carboxylic acids is 1. The fourth-order valence-electron chi connectivity index (χ4n) is 2.34. The molecular formula is C20H20O3. The number of fused-ring (bicyclic) bond motifs is 1. The average Bonchev–Trinajstić information content (AvgIpc) is 2.62. The lowest BCUT2D eigenvalue weighted by Gasteiger charge is -2.06. The van der Waals surface area contributed by atoms with Crippen LogP contribution < -0.4 is 4.74 Å². The van der Waals surface area contributed by atoms with E-state index in [4.69, 9.17) is 9.84 Å². The lowest BCUT2D eigenvalue weighted by Crippen LogP contribution is -1.94. The molecule has 0 unspecified atom stereocenters. The number of benzene rings is 3. The van der Waals surface area contributed by atoms with Crippen LogP contribution in [0.3, 0.4) is 0 Å². The van der Waals surface area contributed by atoms with Crippen LogP contribution in [-0.2, 0) is 0 Å². The molecule has 0 amide bonds. The topological polar surface area (TPSA) is 46.5 Å². The molecule has 0 aliphatic rings. The minimum atomic E-state index is -0.910. The van der Waals surface area contributed by atoms with Gasteiger partial charge in [-0.05, 0) is 52.2 Å². The Bertz CT molecular complexity index is 805. The summed E-state index contributed by atoms with van der Waals surface area (Å²) in [7, 11) is 1.65. The van der Waals surface area contributed by atoms with E-state index in [2.05, 4.69) is 6.07 Å². The number of rotatable bonds is 3. The van der Waals surface area contributed by atoms with Crippen molar-refractivity contribution in [3.8, 4) is 16.9 Å². The summed E-state index contributed by atoms with van der Waals surface area (Å²) in [4.78, 5) is 10.9. The summed E-state index contributed by atoms with van der Waals surface area (Å²) in [6.45, 7) is 4.00. The number of carboxylic acid groups (broad SMARTS) is 1. The molecule has 0 aliphatic heterocycles. The fraction of sp³-hybridized carbons (Fsp3) is 0.150. The second kappa shape index (κ2) is 7.45. The van der Waals surface area contributed by atoms with Gasteiger partial charge < -0.3 is 9.84 Å². The van der Waals surface area contributed by atoms with Crippen LogP contribution >= 0.6 is 0 Å². The minimum absolute atomic E-state index is 0.296. The standard InChI is InChI=1S/C18H14O3.C2H6/c1-21-17-9-8-15-10-14(6-7-16(15)11-17)12-2-4-13(5-3-12)18(19)20;1-2/h2-11H,1H3,(H,19,20);1-2H3. The third-order valence-corrected chi connectivity index (χ3v) is 3.51. The first-order valence-corrected chi connectivity index (χ1v) is 7.59. The first kappa shape index (κ1) is 16.6. The molecule has 0 saturated carbocycles. The Morgan fingerprint density at radius 1 is 0.826 bits per heavy atom. The molecule has 23 heavy (non-hydrogen) atoms. The van der Waals surface area contributed by atoms with Gasteiger partial charge in [0.1, 0.15) is 5.75 Å². The highest BCUT2D eigenvalue weighted by Gasteiger charge is 2.04. The van der Waals surface area contributed by atoms with Crippen molar-refractivity contribution in [2.24, 2.45) is 0 Å². The molecule has 3 aromatic carbocycles. The normalized spacial score (nSPS) is 9.87. The second-order valence-corrected chi connectivity index (χ2v) is 4.81. The highest BCUT2D eigenvalue weighted by Crippen LogP contribution is 2.27.